The maximum atomic E-state index is 13.3. The molecule has 236 valence electrons. The minimum absolute atomic E-state index is 0.0404. The van der Waals surface area contributed by atoms with Crippen molar-refractivity contribution in [2.45, 2.75) is 22.6 Å². The van der Waals surface area contributed by atoms with Crippen molar-refractivity contribution in [3.8, 4) is 0 Å². The fourth-order valence-electron chi connectivity index (χ4n) is 4.11. The highest BCUT2D eigenvalue weighted by molar-refractivity contribution is 8.03. The zero-order valence-corrected chi connectivity index (χ0v) is 26.6. The first-order chi connectivity index (χ1) is 21.6. The number of hydrogen-bond acceptors (Lipinski definition) is 18. The molecule has 0 saturated carbocycles. The summed E-state index contributed by atoms with van der Waals surface area (Å²) in [4.78, 5) is 70.6. The van der Waals surface area contributed by atoms with Crippen LogP contribution in [0.5, 0.6) is 0 Å². The Morgan fingerprint density at radius 3 is 2.42 bits per heavy atom. The van der Waals surface area contributed by atoms with Crippen molar-refractivity contribution in [3.63, 3.8) is 0 Å². The molecule has 2 aliphatic heterocycles. The van der Waals surface area contributed by atoms with E-state index in [9.17, 15) is 24.3 Å². The highest BCUT2D eigenvalue weighted by Gasteiger charge is 2.56. The van der Waals surface area contributed by atoms with Gasteiger partial charge in [0, 0.05) is 23.6 Å². The quantitative estimate of drug-likeness (QED) is 0.0812. The van der Waals surface area contributed by atoms with Crippen LogP contribution in [0.4, 0.5) is 10.3 Å². The Morgan fingerprint density at radius 1 is 1.11 bits per heavy atom. The molecule has 19 nitrogen and oxygen atoms in total. The van der Waals surface area contributed by atoms with Crippen LogP contribution < -0.4 is 16.4 Å². The van der Waals surface area contributed by atoms with E-state index in [1.165, 1.54) is 58.1 Å². The van der Waals surface area contributed by atoms with Gasteiger partial charge in [-0.15, -0.1) is 39.5 Å². The summed E-state index contributed by atoms with van der Waals surface area (Å²) in [6.07, 6.45) is 0. The van der Waals surface area contributed by atoms with Crippen LogP contribution in [0, 0.1) is 0 Å². The molecular formula is C22H22N12O7S4. The zero-order chi connectivity index (χ0) is 32.2. The number of aliphatic carboxylic acids is 1. The molecule has 0 aromatic carbocycles. The summed E-state index contributed by atoms with van der Waals surface area (Å²) in [5.74, 6) is -3.06. The van der Waals surface area contributed by atoms with Gasteiger partial charge in [0.1, 0.15) is 37.0 Å². The largest absolute Gasteiger partial charge is 0.479 e. The second-order valence-corrected chi connectivity index (χ2v) is 12.5. The van der Waals surface area contributed by atoms with E-state index in [4.69, 9.17) is 15.4 Å². The molecule has 5 rings (SSSR count). The fourth-order valence-corrected chi connectivity index (χ4v) is 7.54. The summed E-state index contributed by atoms with van der Waals surface area (Å²) >= 11 is 4.53. The van der Waals surface area contributed by atoms with Crippen LogP contribution in [0.2, 0.25) is 0 Å². The van der Waals surface area contributed by atoms with E-state index in [0.717, 1.165) is 22.7 Å². The van der Waals surface area contributed by atoms with Crippen LogP contribution >= 0.6 is 46.2 Å². The number of carboxylic acids is 1. The average Bonchev–Trinajstić information content (AvgIpc) is 3.76. The minimum Gasteiger partial charge on any atom is -0.479 e. The molecule has 0 spiro atoms. The molecule has 1 fully saturated rings. The molecule has 0 bridgehead atoms. The SMILES string of the molecule is CO/N=C(\C(=O)Nc1nc(/C(=N/OC)C(=O)N[C@@H]2C(=O)N3C(C(=O)O)C(CSc4nnnn4C)=CS[C@H]23)cs1)c1csc(N)n1. The van der Waals surface area contributed by atoms with Crippen molar-refractivity contribution in [2.24, 2.45) is 17.4 Å². The maximum absolute atomic E-state index is 13.3. The summed E-state index contributed by atoms with van der Waals surface area (Å²) in [6, 6.07) is -2.27. The number of carboxylic acid groups (broad SMARTS) is 1. The number of aromatic nitrogens is 6. The number of carbonyl (C=O) groups excluding carboxylic acids is 3. The molecule has 2 aliphatic rings. The second-order valence-electron chi connectivity index (χ2n) is 8.84. The van der Waals surface area contributed by atoms with Crippen LogP contribution in [0.25, 0.3) is 0 Å². The summed E-state index contributed by atoms with van der Waals surface area (Å²) in [7, 11) is 4.15. The summed E-state index contributed by atoms with van der Waals surface area (Å²) in [6.45, 7) is 0. The lowest BCUT2D eigenvalue weighted by atomic mass is 9.98. The first-order valence-electron chi connectivity index (χ1n) is 12.4. The average molecular weight is 695 g/mol. The van der Waals surface area contributed by atoms with Gasteiger partial charge < -0.3 is 30.7 Å². The molecule has 5 heterocycles. The van der Waals surface area contributed by atoms with Gasteiger partial charge >= 0.3 is 5.97 Å². The van der Waals surface area contributed by atoms with Gasteiger partial charge in [-0.25, -0.2) is 19.4 Å². The first-order valence-corrected chi connectivity index (χ1v) is 16.1. The number of anilines is 2. The molecule has 3 atom stereocenters. The molecule has 3 aromatic rings. The number of nitrogens with one attached hydrogen (secondary N) is 2. The van der Waals surface area contributed by atoms with Crippen molar-refractivity contribution in [2.75, 3.05) is 31.0 Å². The lowest BCUT2D eigenvalue weighted by Gasteiger charge is -2.51. The van der Waals surface area contributed by atoms with E-state index in [-0.39, 0.29) is 38.8 Å². The highest BCUT2D eigenvalue weighted by atomic mass is 32.2. The number of thioether (sulfide) groups is 2. The van der Waals surface area contributed by atoms with E-state index in [0.29, 0.717) is 10.7 Å². The van der Waals surface area contributed by atoms with Gasteiger partial charge in [0.05, 0.1) is 0 Å². The van der Waals surface area contributed by atoms with Gasteiger partial charge in [0.2, 0.25) is 11.1 Å². The van der Waals surface area contributed by atoms with E-state index < -0.39 is 41.1 Å². The molecule has 23 heteroatoms. The Morgan fingerprint density at radius 2 is 1.80 bits per heavy atom. The predicted molar refractivity (Wildman–Crippen MR) is 164 cm³/mol. The monoisotopic (exact) mass is 694 g/mol. The number of amides is 3. The number of aryl methyl sites for hydroxylation is 1. The van der Waals surface area contributed by atoms with E-state index in [2.05, 4.69) is 46.4 Å². The topological polar surface area (TPSA) is 254 Å². The van der Waals surface area contributed by atoms with Crippen LogP contribution in [0.15, 0.2) is 37.2 Å². The van der Waals surface area contributed by atoms with Gasteiger partial charge in [-0.1, -0.05) is 22.1 Å². The number of oxime groups is 2. The third-order valence-corrected chi connectivity index (χ3v) is 9.80. The normalized spacial score (nSPS) is 19.7. The zero-order valence-electron chi connectivity index (χ0n) is 23.3. The minimum atomic E-state index is -1.23. The second kappa shape index (κ2) is 13.6. The van der Waals surface area contributed by atoms with E-state index in [1.54, 1.807) is 12.5 Å². The van der Waals surface area contributed by atoms with Crippen molar-refractivity contribution >= 4 is 91.6 Å². The van der Waals surface area contributed by atoms with Gasteiger partial charge in [0.25, 0.3) is 11.8 Å². The first kappa shape index (κ1) is 31.8. The number of nitrogens with two attached hydrogens (primary N) is 1. The number of nitrogen functional groups attached to an aromatic ring is 1. The number of fused-ring (bicyclic) bond motifs is 1. The van der Waals surface area contributed by atoms with Gasteiger partial charge in [-0.2, -0.15) is 0 Å². The predicted octanol–water partition coefficient (Wildman–Crippen LogP) is -0.426. The lowest BCUT2D eigenvalue weighted by molar-refractivity contribution is -0.159. The van der Waals surface area contributed by atoms with Crippen LogP contribution in [-0.4, -0.2) is 113 Å². The Balaban J connectivity index is 1.26. The van der Waals surface area contributed by atoms with Crippen LogP contribution in [-0.2, 0) is 35.9 Å². The standard InChI is InChI=1S/C22H22N12O7S4/c1-33-22(28-31-32-33)45-5-8-4-42-18-13(17(37)34(18)14(8)19(38)39)26-15(35)12(30-41-3)10-7-44-21(25-10)27-16(36)11(29-40-2)9-6-43-20(23)24-9/h4,6-7,13-14,18H,5H2,1-3H3,(H2,23,24)(H,26,35)(H,38,39)(H,25,27,36)/b29-11-,30-12-/t13-,14?,18-/m1/s1. The van der Waals surface area contributed by atoms with Gasteiger partial charge in [-0.05, 0) is 21.4 Å². The molecule has 0 radical (unpaired) electrons. The number of hydrogen-bond donors (Lipinski definition) is 4. The van der Waals surface area contributed by atoms with Gasteiger partial charge in [0.15, 0.2) is 27.7 Å². The Bertz CT molecular complexity index is 1730. The van der Waals surface area contributed by atoms with Crippen molar-refractivity contribution in [1.29, 1.82) is 0 Å². The number of thiazole rings is 2. The molecule has 3 aromatic heterocycles. The number of β-lactam (4-membered cyclic amide) rings is 1. The molecular weight excluding hydrogens is 673 g/mol. The summed E-state index contributed by atoms with van der Waals surface area (Å²) in [5.41, 5.74) is 5.94. The summed E-state index contributed by atoms with van der Waals surface area (Å²) in [5, 5.41) is 38.5. The molecule has 5 N–H and O–H groups in total. The number of tetrazole rings is 1. The molecule has 0 aliphatic carbocycles. The molecule has 1 saturated heterocycles. The van der Waals surface area contributed by atoms with Crippen molar-refractivity contribution < 1.29 is 34.0 Å². The number of rotatable bonds is 12. The third-order valence-electron chi connectivity index (χ3n) is 6.06. The van der Waals surface area contributed by atoms with Gasteiger partial charge in [-0.3, -0.25) is 19.7 Å². The Kier molecular flexibility index (Phi) is 9.60. The smallest absolute Gasteiger partial charge is 0.330 e. The molecule has 3 amide bonds. The van der Waals surface area contributed by atoms with Crippen molar-refractivity contribution in [3.05, 3.63) is 33.1 Å². The lowest BCUT2D eigenvalue weighted by Crippen LogP contribution is -2.74. The Labute approximate surface area is 269 Å². The van der Waals surface area contributed by atoms with Crippen LogP contribution in [0.1, 0.15) is 11.4 Å². The van der Waals surface area contributed by atoms with E-state index in [1.807, 2.05) is 0 Å². The van der Waals surface area contributed by atoms with Crippen molar-refractivity contribution in [1.82, 2.24) is 40.4 Å². The highest BCUT2D eigenvalue weighted by Crippen LogP contribution is 2.41. The molecule has 45 heavy (non-hydrogen) atoms. The number of carbonyl (C=O) groups is 4. The maximum Gasteiger partial charge on any atom is 0.330 e. The van der Waals surface area contributed by atoms with E-state index >= 15 is 0 Å². The third kappa shape index (κ3) is 6.59. The fraction of sp³-hybridized carbons (Fsp3) is 0.318. The Hall–Kier alpha value is -4.61. The summed E-state index contributed by atoms with van der Waals surface area (Å²) < 4.78 is 1.45. The molecule has 1 unspecified atom stereocenters. The number of nitrogens with zero attached hydrogens (tertiary/aromatic N) is 9. The van der Waals surface area contributed by atoms with Crippen LogP contribution in [0.3, 0.4) is 0 Å².